The second-order valence-electron chi connectivity index (χ2n) is 5.43. The van der Waals surface area contributed by atoms with E-state index in [1.807, 2.05) is 54.8 Å². The number of benzene rings is 2. The molecule has 5 nitrogen and oxygen atoms in total. The highest BCUT2D eigenvalue weighted by Crippen LogP contribution is 2.19. The minimum absolute atomic E-state index is 0.135. The molecule has 0 aliphatic heterocycles. The number of amides is 1. The van der Waals surface area contributed by atoms with Crippen molar-refractivity contribution in [2.24, 2.45) is 0 Å². The molecule has 0 saturated carbocycles. The molecule has 0 spiro atoms. The van der Waals surface area contributed by atoms with Gasteiger partial charge in [-0.15, -0.1) is 11.8 Å². The number of hydrogen-bond donors (Lipinski definition) is 1. The van der Waals surface area contributed by atoms with Gasteiger partial charge in [0, 0.05) is 22.3 Å². The van der Waals surface area contributed by atoms with Crippen molar-refractivity contribution in [1.29, 1.82) is 0 Å². The van der Waals surface area contributed by atoms with Gasteiger partial charge in [-0.25, -0.2) is 4.68 Å². The standard InChI is InChI=1S/C19H17N3O2S/c1-13-11-17(23)18(21-22(13)15-8-4-3-5-9-15)19(24)20-14-7-6-10-16(12-14)25-2/h3-12H,1-2H3,(H,20,24). The molecular weight excluding hydrogens is 334 g/mol. The summed E-state index contributed by atoms with van der Waals surface area (Å²) >= 11 is 1.58. The van der Waals surface area contributed by atoms with Crippen molar-refractivity contribution in [2.75, 3.05) is 11.6 Å². The Morgan fingerprint density at radius 2 is 1.84 bits per heavy atom. The highest BCUT2D eigenvalue weighted by molar-refractivity contribution is 7.98. The van der Waals surface area contributed by atoms with Gasteiger partial charge in [-0.1, -0.05) is 24.3 Å². The molecule has 0 aliphatic rings. The van der Waals surface area contributed by atoms with Crippen LogP contribution in [0, 0.1) is 6.92 Å². The zero-order chi connectivity index (χ0) is 17.8. The van der Waals surface area contributed by atoms with E-state index < -0.39 is 11.3 Å². The Balaban J connectivity index is 1.96. The van der Waals surface area contributed by atoms with Crippen molar-refractivity contribution in [3.05, 3.63) is 82.3 Å². The molecule has 6 heteroatoms. The van der Waals surface area contributed by atoms with Crippen LogP contribution >= 0.6 is 11.8 Å². The van der Waals surface area contributed by atoms with Crippen LogP contribution in [0.2, 0.25) is 0 Å². The molecule has 0 unspecified atom stereocenters. The van der Waals surface area contributed by atoms with Crippen LogP contribution in [-0.2, 0) is 0 Å². The van der Waals surface area contributed by atoms with E-state index in [-0.39, 0.29) is 5.69 Å². The fraction of sp³-hybridized carbons (Fsp3) is 0.105. The smallest absolute Gasteiger partial charge is 0.280 e. The van der Waals surface area contributed by atoms with Crippen molar-refractivity contribution >= 4 is 23.4 Å². The van der Waals surface area contributed by atoms with Gasteiger partial charge in [0.25, 0.3) is 5.91 Å². The van der Waals surface area contributed by atoms with Crippen LogP contribution in [-0.4, -0.2) is 21.9 Å². The van der Waals surface area contributed by atoms with E-state index in [0.29, 0.717) is 11.4 Å². The lowest BCUT2D eigenvalue weighted by Gasteiger charge is -2.11. The molecule has 0 bridgehead atoms. The lowest BCUT2D eigenvalue weighted by atomic mass is 10.2. The SMILES string of the molecule is CSc1cccc(NC(=O)c2nn(-c3ccccc3)c(C)cc2=O)c1. The Hall–Kier alpha value is -2.86. The number of aromatic nitrogens is 2. The molecule has 1 aromatic heterocycles. The molecule has 2 aromatic carbocycles. The number of thioether (sulfide) groups is 1. The van der Waals surface area contributed by atoms with Crippen LogP contribution < -0.4 is 10.7 Å². The minimum Gasteiger partial charge on any atom is -0.320 e. The van der Waals surface area contributed by atoms with Crippen molar-refractivity contribution in [3.63, 3.8) is 0 Å². The van der Waals surface area contributed by atoms with Gasteiger partial charge in [0.2, 0.25) is 5.43 Å². The van der Waals surface area contributed by atoms with Crippen molar-refractivity contribution < 1.29 is 4.79 Å². The Labute approximate surface area is 149 Å². The van der Waals surface area contributed by atoms with Gasteiger partial charge in [-0.2, -0.15) is 5.10 Å². The van der Waals surface area contributed by atoms with E-state index in [1.165, 1.54) is 6.07 Å². The second kappa shape index (κ2) is 7.36. The number of hydrogen-bond acceptors (Lipinski definition) is 4. The number of rotatable bonds is 4. The first kappa shape index (κ1) is 17.0. The predicted molar refractivity (Wildman–Crippen MR) is 101 cm³/mol. The molecule has 1 N–H and O–H groups in total. The van der Waals surface area contributed by atoms with Gasteiger partial charge >= 0.3 is 0 Å². The summed E-state index contributed by atoms with van der Waals surface area (Å²) in [6.45, 7) is 1.78. The van der Waals surface area contributed by atoms with Gasteiger partial charge < -0.3 is 5.32 Å². The van der Waals surface area contributed by atoms with Gasteiger partial charge in [0.15, 0.2) is 5.69 Å². The summed E-state index contributed by atoms with van der Waals surface area (Å²) in [5.41, 5.74) is 1.55. The van der Waals surface area contributed by atoms with Crippen LogP contribution in [0.25, 0.3) is 5.69 Å². The Morgan fingerprint density at radius 3 is 2.56 bits per heavy atom. The Bertz CT molecular complexity index is 968. The third-order valence-electron chi connectivity index (χ3n) is 3.65. The zero-order valence-electron chi connectivity index (χ0n) is 13.9. The topological polar surface area (TPSA) is 64.0 Å². The van der Waals surface area contributed by atoms with Crippen molar-refractivity contribution in [2.45, 2.75) is 11.8 Å². The molecule has 126 valence electrons. The van der Waals surface area contributed by atoms with Crippen LogP contribution in [0.15, 0.2) is 70.4 Å². The number of anilines is 1. The van der Waals surface area contributed by atoms with Gasteiger partial charge in [-0.05, 0) is 43.5 Å². The predicted octanol–water partition coefficient (Wildman–Crippen LogP) is 3.52. The summed E-state index contributed by atoms with van der Waals surface area (Å²) in [6, 6.07) is 18.3. The Morgan fingerprint density at radius 1 is 1.08 bits per heavy atom. The average molecular weight is 351 g/mol. The van der Waals surface area contributed by atoms with E-state index in [4.69, 9.17) is 0 Å². The van der Waals surface area contributed by atoms with Crippen molar-refractivity contribution in [3.8, 4) is 5.69 Å². The maximum atomic E-state index is 12.5. The maximum absolute atomic E-state index is 12.5. The molecule has 3 aromatic rings. The van der Waals surface area contributed by atoms with Crippen LogP contribution in [0.3, 0.4) is 0 Å². The number of aryl methyl sites for hydroxylation is 1. The van der Waals surface area contributed by atoms with Gasteiger partial charge in [-0.3, -0.25) is 9.59 Å². The van der Waals surface area contributed by atoms with Crippen LogP contribution in [0.1, 0.15) is 16.2 Å². The summed E-state index contributed by atoms with van der Waals surface area (Å²) in [5, 5.41) is 7.01. The summed E-state index contributed by atoms with van der Waals surface area (Å²) in [4.78, 5) is 25.8. The normalized spacial score (nSPS) is 10.5. The van der Waals surface area contributed by atoms with E-state index in [1.54, 1.807) is 29.4 Å². The summed E-state index contributed by atoms with van der Waals surface area (Å²) in [6.07, 6.45) is 1.96. The molecule has 25 heavy (non-hydrogen) atoms. The van der Waals surface area contributed by atoms with E-state index in [9.17, 15) is 9.59 Å². The van der Waals surface area contributed by atoms with Crippen LogP contribution in [0.5, 0.6) is 0 Å². The number of carbonyl (C=O) groups excluding carboxylic acids is 1. The fourth-order valence-electron chi connectivity index (χ4n) is 2.43. The highest BCUT2D eigenvalue weighted by Gasteiger charge is 2.15. The molecule has 1 amide bonds. The third kappa shape index (κ3) is 3.80. The summed E-state index contributed by atoms with van der Waals surface area (Å²) in [5.74, 6) is -0.520. The molecule has 3 rings (SSSR count). The average Bonchev–Trinajstić information content (AvgIpc) is 2.62. The quantitative estimate of drug-likeness (QED) is 0.731. The molecular formula is C19H17N3O2S. The first-order valence-electron chi connectivity index (χ1n) is 7.70. The highest BCUT2D eigenvalue weighted by atomic mass is 32.2. The molecule has 0 aliphatic carbocycles. The lowest BCUT2D eigenvalue weighted by molar-refractivity contribution is 0.101. The van der Waals surface area contributed by atoms with Gasteiger partial charge in [0.05, 0.1) is 5.69 Å². The first-order valence-corrected chi connectivity index (χ1v) is 8.93. The summed E-state index contributed by atoms with van der Waals surface area (Å²) in [7, 11) is 0. The van der Waals surface area contributed by atoms with E-state index in [0.717, 1.165) is 10.6 Å². The van der Waals surface area contributed by atoms with E-state index >= 15 is 0 Å². The third-order valence-corrected chi connectivity index (χ3v) is 4.38. The molecule has 0 atom stereocenters. The number of carbonyl (C=O) groups is 1. The number of nitrogens with zero attached hydrogens (tertiary/aromatic N) is 2. The molecule has 1 heterocycles. The Kier molecular flexibility index (Phi) is 5.00. The van der Waals surface area contributed by atoms with E-state index in [2.05, 4.69) is 10.4 Å². The number of nitrogens with one attached hydrogen (secondary N) is 1. The van der Waals surface area contributed by atoms with Gasteiger partial charge in [0.1, 0.15) is 0 Å². The molecule has 0 radical (unpaired) electrons. The van der Waals surface area contributed by atoms with Crippen LogP contribution in [0.4, 0.5) is 5.69 Å². The first-order chi connectivity index (χ1) is 12.1. The second-order valence-corrected chi connectivity index (χ2v) is 6.31. The molecule has 0 fully saturated rings. The minimum atomic E-state index is -0.520. The molecule has 0 saturated heterocycles. The summed E-state index contributed by atoms with van der Waals surface area (Å²) < 4.78 is 1.59. The van der Waals surface area contributed by atoms with Crippen molar-refractivity contribution in [1.82, 2.24) is 9.78 Å². The lowest BCUT2D eigenvalue weighted by Crippen LogP contribution is -2.26. The zero-order valence-corrected chi connectivity index (χ0v) is 14.7. The maximum Gasteiger partial charge on any atom is 0.280 e. The number of para-hydroxylation sites is 1. The fourth-order valence-corrected chi connectivity index (χ4v) is 2.89. The monoisotopic (exact) mass is 351 g/mol. The largest absolute Gasteiger partial charge is 0.320 e.